The van der Waals surface area contributed by atoms with Crippen LogP contribution in [0.4, 0.5) is 8.78 Å². The fourth-order valence-electron chi connectivity index (χ4n) is 3.02. The molecule has 0 bridgehead atoms. The molecule has 1 aliphatic carbocycles. The summed E-state index contributed by atoms with van der Waals surface area (Å²) in [5.41, 5.74) is 5.81. The molecule has 0 heterocycles. The Labute approximate surface area is 151 Å². The largest absolute Gasteiger partial charge is 0.291 e. The first-order valence-corrected chi connectivity index (χ1v) is 9.99. The van der Waals surface area contributed by atoms with Crippen LogP contribution in [0.5, 0.6) is 0 Å². The van der Waals surface area contributed by atoms with Crippen molar-refractivity contribution in [3.05, 3.63) is 46.6 Å². The van der Waals surface area contributed by atoms with Gasteiger partial charge in [-0.25, -0.2) is 0 Å². The minimum Gasteiger partial charge on any atom is -0.195 e. The summed E-state index contributed by atoms with van der Waals surface area (Å²) in [6.45, 7) is 7.30. The first-order chi connectivity index (χ1) is 11.3. The van der Waals surface area contributed by atoms with Crippen molar-refractivity contribution in [3.8, 4) is 0 Å². The molecule has 0 aromatic rings. The highest BCUT2D eigenvalue weighted by atomic mass is 32.2. The average Bonchev–Trinajstić information content (AvgIpc) is 2.49. The maximum absolute atomic E-state index is 12.8. The van der Waals surface area contributed by atoms with Gasteiger partial charge in [0, 0.05) is 12.7 Å². The van der Waals surface area contributed by atoms with Crippen LogP contribution >= 0.6 is 11.8 Å². The number of halogens is 2. The van der Waals surface area contributed by atoms with Gasteiger partial charge in [0.2, 0.25) is 0 Å². The van der Waals surface area contributed by atoms with E-state index in [0.29, 0.717) is 17.5 Å². The number of hydrogen-bond donors (Lipinski definition) is 0. The van der Waals surface area contributed by atoms with Crippen molar-refractivity contribution in [1.82, 2.24) is 0 Å². The van der Waals surface area contributed by atoms with Gasteiger partial charge in [-0.05, 0) is 71.3 Å². The van der Waals surface area contributed by atoms with Crippen molar-refractivity contribution in [1.29, 1.82) is 0 Å². The third kappa shape index (κ3) is 9.46. The third-order valence-electron chi connectivity index (χ3n) is 4.17. The molecule has 0 nitrogen and oxygen atoms in total. The lowest BCUT2D eigenvalue weighted by molar-refractivity contribution is 0.129. The van der Waals surface area contributed by atoms with E-state index in [2.05, 4.69) is 26.0 Å². The smallest absolute Gasteiger partial charge is 0.195 e. The van der Waals surface area contributed by atoms with Gasteiger partial charge in [0.05, 0.1) is 0 Å². The molecule has 0 aromatic heterocycles. The van der Waals surface area contributed by atoms with Crippen LogP contribution in [0.1, 0.15) is 72.6 Å². The molecule has 136 valence electrons. The number of thioether (sulfide) groups is 1. The highest BCUT2D eigenvalue weighted by Gasteiger charge is 2.19. The molecule has 0 unspecified atom stereocenters. The Balaban J connectivity index is 2.47. The molecule has 0 radical (unpaired) electrons. The third-order valence-corrected chi connectivity index (χ3v) is 5.04. The quantitative estimate of drug-likeness (QED) is 0.380. The fraction of sp³-hybridized carbons (Fsp3) is 0.619. The summed E-state index contributed by atoms with van der Waals surface area (Å²) in [6.07, 6.45) is 16.7. The van der Waals surface area contributed by atoms with Crippen molar-refractivity contribution >= 4 is 11.8 Å². The van der Waals surface area contributed by atoms with E-state index < -0.39 is 5.25 Å². The molecular weight excluding hydrogens is 322 g/mol. The molecule has 1 rings (SSSR count). The highest BCUT2D eigenvalue weighted by Crippen LogP contribution is 2.30. The summed E-state index contributed by atoms with van der Waals surface area (Å²) >= 11 is 0.677. The number of allylic oxidation sites excluding steroid dienone is 7. The molecule has 0 aromatic carbocycles. The molecule has 1 aliphatic rings. The average molecular weight is 355 g/mol. The van der Waals surface area contributed by atoms with E-state index in [0.717, 1.165) is 26.2 Å². The zero-order chi connectivity index (χ0) is 18.0. The van der Waals surface area contributed by atoms with Gasteiger partial charge < -0.3 is 0 Å². The molecule has 0 saturated carbocycles. The van der Waals surface area contributed by atoms with Crippen LogP contribution in [-0.2, 0) is 0 Å². The number of alkyl halides is 2. The first kappa shape index (κ1) is 21.2. The Morgan fingerprint density at radius 2 is 1.92 bits per heavy atom. The Kier molecular flexibility index (Phi) is 9.65. The molecular formula is C21H32F2S. The van der Waals surface area contributed by atoms with E-state index in [-0.39, 0.29) is 0 Å². The number of hydrogen-bond acceptors (Lipinski definition) is 1. The number of rotatable bonds is 9. The minimum atomic E-state index is -2.64. The summed E-state index contributed by atoms with van der Waals surface area (Å²) < 4.78 is 25.5. The highest BCUT2D eigenvalue weighted by molar-refractivity contribution is 8.00. The Morgan fingerprint density at radius 3 is 2.54 bits per heavy atom. The van der Waals surface area contributed by atoms with Gasteiger partial charge in [-0.15, -0.1) is 0 Å². The Morgan fingerprint density at radius 1 is 1.21 bits per heavy atom. The van der Waals surface area contributed by atoms with E-state index in [1.54, 1.807) is 11.1 Å². The van der Waals surface area contributed by atoms with Crippen molar-refractivity contribution in [3.63, 3.8) is 0 Å². The summed E-state index contributed by atoms with van der Waals surface area (Å²) in [6, 6.07) is 0. The maximum atomic E-state index is 12.8. The van der Waals surface area contributed by atoms with Crippen LogP contribution in [0.3, 0.4) is 0 Å². The SMILES string of the molecule is C/C=C(\C=C/CSC(C)(F)F)CCCC1=C(C=C(C)C)CCCC1. The second-order valence-corrected chi connectivity index (χ2v) is 8.13. The van der Waals surface area contributed by atoms with E-state index in [1.165, 1.54) is 36.8 Å². The lowest BCUT2D eigenvalue weighted by Gasteiger charge is -2.19. The van der Waals surface area contributed by atoms with Gasteiger partial charge in [-0.2, -0.15) is 8.78 Å². The van der Waals surface area contributed by atoms with Crippen molar-refractivity contribution < 1.29 is 8.78 Å². The van der Waals surface area contributed by atoms with Gasteiger partial charge in [-0.3, -0.25) is 0 Å². The zero-order valence-electron chi connectivity index (χ0n) is 15.6. The molecule has 0 spiro atoms. The second kappa shape index (κ2) is 10.9. The van der Waals surface area contributed by atoms with E-state index in [4.69, 9.17) is 0 Å². The molecule has 0 amide bonds. The minimum absolute atomic E-state index is 0.358. The lowest BCUT2D eigenvalue weighted by atomic mass is 9.87. The van der Waals surface area contributed by atoms with Crippen molar-refractivity contribution in [2.45, 2.75) is 77.9 Å². The lowest BCUT2D eigenvalue weighted by Crippen LogP contribution is -2.02. The van der Waals surface area contributed by atoms with Crippen LogP contribution in [0.2, 0.25) is 0 Å². The molecule has 0 aliphatic heterocycles. The molecule has 0 saturated heterocycles. The molecule has 24 heavy (non-hydrogen) atoms. The maximum Gasteiger partial charge on any atom is 0.291 e. The normalized spacial score (nSPS) is 16.8. The Hall–Kier alpha value is -0.830. The Bertz CT molecular complexity index is 500. The molecule has 0 atom stereocenters. The summed E-state index contributed by atoms with van der Waals surface area (Å²) in [5, 5.41) is -2.64. The van der Waals surface area contributed by atoms with Crippen LogP contribution < -0.4 is 0 Å². The monoisotopic (exact) mass is 354 g/mol. The topological polar surface area (TPSA) is 0 Å². The summed E-state index contributed by atoms with van der Waals surface area (Å²) in [5.74, 6) is 0.358. The molecule has 0 N–H and O–H groups in total. The fourth-order valence-corrected chi connectivity index (χ4v) is 3.51. The predicted octanol–water partition coefficient (Wildman–Crippen LogP) is 7.84. The van der Waals surface area contributed by atoms with Gasteiger partial charge in [0.1, 0.15) is 0 Å². The first-order valence-electron chi connectivity index (χ1n) is 9.01. The standard InChI is InChI=1S/C21H32F2S/c1-5-18(11-9-15-24-21(4,22)23)10-8-14-19-12-6-7-13-20(19)16-17(2)3/h5,9,11,16H,6-8,10,12-15H2,1-4H3/b11-9-,18-5-. The van der Waals surface area contributed by atoms with Crippen molar-refractivity contribution in [2.24, 2.45) is 0 Å². The van der Waals surface area contributed by atoms with Gasteiger partial charge in [0.15, 0.2) is 0 Å². The van der Waals surface area contributed by atoms with Crippen molar-refractivity contribution in [2.75, 3.05) is 5.75 Å². The summed E-state index contributed by atoms with van der Waals surface area (Å²) in [4.78, 5) is 0. The van der Waals surface area contributed by atoms with Crippen LogP contribution in [0.25, 0.3) is 0 Å². The molecule has 3 heteroatoms. The van der Waals surface area contributed by atoms with E-state index in [9.17, 15) is 8.78 Å². The van der Waals surface area contributed by atoms with Crippen LogP contribution in [-0.4, -0.2) is 11.0 Å². The molecule has 0 fully saturated rings. The van der Waals surface area contributed by atoms with E-state index >= 15 is 0 Å². The van der Waals surface area contributed by atoms with Gasteiger partial charge >= 0.3 is 0 Å². The zero-order valence-corrected chi connectivity index (χ0v) is 16.4. The van der Waals surface area contributed by atoms with Crippen LogP contribution in [0, 0.1) is 0 Å². The second-order valence-electron chi connectivity index (χ2n) is 6.80. The predicted molar refractivity (Wildman–Crippen MR) is 105 cm³/mol. The summed E-state index contributed by atoms with van der Waals surface area (Å²) in [7, 11) is 0. The van der Waals surface area contributed by atoms with Gasteiger partial charge in [-0.1, -0.05) is 52.8 Å². The van der Waals surface area contributed by atoms with Gasteiger partial charge in [0.25, 0.3) is 5.25 Å². The van der Waals surface area contributed by atoms with E-state index in [1.807, 2.05) is 19.1 Å². The van der Waals surface area contributed by atoms with Crippen LogP contribution in [0.15, 0.2) is 46.6 Å².